The lowest BCUT2D eigenvalue weighted by Crippen LogP contribution is -2.40. The number of hydrogen-bond donors (Lipinski definition) is 1. The molecule has 74 valence electrons. The van der Waals surface area contributed by atoms with Gasteiger partial charge in [0.2, 0.25) is 0 Å². The predicted molar refractivity (Wildman–Crippen MR) is 54.8 cm³/mol. The fourth-order valence-corrected chi connectivity index (χ4v) is 1.15. The summed E-state index contributed by atoms with van der Waals surface area (Å²) in [6.45, 7) is 1.98. The van der Waals surface area contributed by atoms with Crippen molar-refractivity contribution in [1.82, 2.24) is 0 Å². The third-order valence-corrected chi connectivity index (χ3v) is 1.93. The van der Waals surface area contributed by atoms with Gasteiger partial charge in [-0.1, -0.05) is 0 Å². The second-order valence-corrected chi connectivity index (χ2v) is 3.05. The number of rotatable bonds is 2. The molecule has 14 heavy (non-hydrogen) atoms. The van der Waals surface area contributed by atoms with Crippen LogP contribution in [0.5, 0.6) is 0 Å². The van der Waals surface area contributed by atoms with Crippen molar-refractivity contribution in [1.29, 1.82) is 0 Å². The molecular formula is C11H14NO2+. The Balaban J connectivity index is 2.87. The van der Waals surface area contributed by atoms with Gasteiger partial charge < -0.3 is 10.5 Å². The molecule has 0 radical (unpaired) electrons. The van der Waals surface area contributed by atoms with Crippen LogP contribution in [0.2, 0.25) is 0 Å². The van der Waals surface area contributed by atoms with Gasteiger partial charge in [-0.15, -0.1) is 0 Å². The molecule has 0 atom stereocenters. The number of carbonyl (C=O) groups excluding carboxylic acids is 1. The Morgan fingerprint density at radius 1 is 1.50 bits per heavy atom. The van der Waals surface area contributed by atoms with E-state index in [9.17, 15) is 4.79 Å². The Labute approximate surface area is 83.2 Å². The van der Waals surface area contributed by atoms with Gasteiger partial charge in [0, 0.05) is 12.1 Å². The van der Waals surface area contributed by atoms with E-state index in [1.165, 1.54) is 13.2 Å². The first-order chi connectivity index (χ1) is 6.63. The summed E-state index contributed by atoms with van der Waals surface area (Å²) in [5, 5.41) is 0. The maximum absolute atomic E-state index is 10.8. The van der Waals surface area contributed by atoms with Crippen molar-refractivity contribution < 1.29 is 15.3 Å². The molecule has 3 nitrogen and oxygen atoms in total. The predicted octanol–water partition coefficient (Wildman–Crippen LogP) is 1.05. The first-order valence-corrected chi connectivity index (χ1v) is 4.32. The molecule has 3 N–H and O–H groups in total. The van der Waals surface area contributed by atoms with Gasteiger partial charge in [-0.25, -0.2) is 4.79 Å². The molecule has 0 heterocycles. The topological polar surface area (TPSA) is 53.9 Å². The molecule has 3 heteroatoms. The molecule has 0 spiro atoms. The lowest BCUT2D eigenvalue weighted by molar-refractivity contribution is -0.254. The average molecular weight is 192 g/mol. The summed E-state index contributed by atoms with van der Waals surface area (Å²) in [5.41, 5.74) is 6.89. The summed E-state index contributed by atoms with van der Waals surface area (Å²) in [6, 6.07) is 5.80. The second-order valence-electron chi connectivity index (χ2n) is 3.05. The van der Waals surface area contributed by atoms with Gasteiger partial charge in [0.1, 0.15) is 5.69 Å². The first kappa shape index (κ1) is 10.5. The van der Waals surface area contributed by atoms with Gasteiger partial charge in [0.15, 0.2) is 0 Å². The maximum Gasteiger partial charge on any atom is 0.330 e. The van der Waals surface area contributed by atoms with E-state index < -0.39 is 0 Å². The molecule has 0 aliphatic carbocycles. The lowest BCUT2D eigenvalue weighted by atomic mass is 10.1. The van der Waals surface area contributed by atoms with Crippen LogP contribution in [0.3, 0.4) is 0 Å². The van der Waals surface area contributed by atoms with Crippen LogP contribution in [0, 0.1) is 6.92 Å². The van der Waals surface area contributed by atoms with Crippen molar-refractivity contribution >= 4 is 17.7 Å². The van der Waals surface area contributed by atoms with Gasteiger partial charge in [-0.05, 0) is 36.3 Å². The minimum absolute atomic E-state index is 0.344. The summed E-state index contributed by atoms with van der Waals surface area (Å²) < 4.78 is 4.50. The first-order valence-electron chi connectivity index (χ1n) is 4.32. The molecule has 0 fully saturated rings. The zero-order valence-electron chi connectivity index (χ0n) is 8.41. The lowest BCUT2D eigenvalue weighted by Gasteiger charge is -1.99. The minimum atomic E-state index is -0.344. The van der Waals surface area contributed by atoms with Crippen molar-refractivity contribution in [2.45, 2.75) is 6.92 Å². The Morgan fingerprint density at radius 2 is 2.21 bits per heavy atom. The standard InChI is InChI=1S/C11H13NO2/c1-8-7-10(12)5-3-9(8)4-6-11(13)14-2/h3-7H,12H2,1-2H3/p+1/b6-4+. The molecular weight excluding hydrogens is 178 g/mol. The van der Waals surface area contributed by atoms with Crippen LogP contribution >= 0.6 is 0 Å². The van der Waals surface area contributed by atoms with Crippen LogP contribution in [0.25, 0.3) is 6.08 Å². The van der Waals surface area contributed by atoms with E-state index >= 15 is 0 Å². The van der Waals surface area contributed by atoms with E-state index in [-0.39, 0.29) is 5.97 Å². The van der Waals surface area contributed by atoms with E-state index in [0.29, 0.717) is 0 Å². The van der Waals surface area contributed by atoms with E-state index in [2.05, 4.69) is 10.5 Å². The summed E-state index contributed by atoms with van der Waals surface area (Å²) >= 11 is 0. The van der Waals surface area contributed by atoms with E-state index in [0.717, 1.165) is 16.8 Å². The number of methoxy groups -OCH3 is 1. The smallest absolute Gasteiger partial charge is 0.330 e. The normalized spacial score (nSPS) is 10.5. The van der Waals surface area contributed by atoms with Gasteiger partial charge in [-0.2, -0.15) is 0 Å². The third-order valence-electron chi connectivity index (χ3n) is 1.93. The number of benzene rings is 1. The fourth-order valence-electron chi connectivity index (χ4n) is 1.15. The zero-order chi connectivity index (χ0) is 10.6. The summed E-state index contributed by atoms with van der Waals surface area (Å²) in [5.74, 6) is -0.344. The summed E-state index contributed by atoms with van der Waals surface area (Å²) in [6.07, 6.45) is 3.14. The van der Waals surface area contributed by atoms with Crippen molar-refractivity contribution in [2.24, 2.45) is 0 Å². The highest BCUT2D eigenvalue weighted by atomic mass is 16.5. The van der Waals surface area contributed by atoms with Gasteiger partial charge in [0.05, 0.1) is 7.11 Å². The van der Waals surface area contributed by atoms with Crippen molar-refractivity contribution in [3.05, 3.63) is 35.4 Å². The number of ether oxygens (including phenoxy) is 1. The molecule has 0 saturated heterocycles. The van der Waals surface area contributed by atoms with E-state index in [4.69, 9.17) is 0 Å². The van der Waals surface area contributed by atoms with E-state index in [1.54, 1.807) is 6.08 Å². The van der Waals surface area contributed by atoms with Crippen molar-refractivity contribution in [2.75, 3.05) is 7.11 Å². The Bertz CT molecular complexity index is 370. The maximum atomic E-state index is 10.8. The van der Waals surface area contributed by atoms with Crippen LogP contribution in [0.15, 0.2) is 24.3 Å². The number of aryl methyl sites for hydroxylation is 1. The molecule has 0 aromatic heterocycles. The summed E-state index contributed by atoms with van der Waals surface area (Å²) in [4.78, 5) is 10.8. The van der Waals surface area contributed by atoms with Crippen LogP contribution in [0.1, 0.15) is 11.1 Å². The number of esters is 1. The molecule has 0 unspecified atom stereocenters. The Hall–Kier alpha value is -1.61. The number of hydrogen-bond acceptors (Lipinski definition) is 2. The van der Waals surface area contributed by atoms with E-state index in [1.807, 2.05) is 25.1 Å². The fraction of sp³-hybridized carbons (Fsp3) is 0.182. The highest BCUT2D eigenvalue weighted by Gasteiger charge is 1.97. The Kier molecular flexibility index (Phi) is 3.42. The molecule has 1 aromatic rings. The second kappa shape index (κ2) is 4.58. The number of quaternary nitrogens is 1. The molecule has 0 bridgehead atoms. The molecule has 1 rings (SSSR count). The molecule has 0 amide bonds. The van der Waals surface area contributed by atoms with Gasteiger partial charge >= 0.3 is 5.97 Å². The minimum Gasteiger partial charge on any atom is -0.466 e. The van der Waals surface area contributed by atoms with Crippen LogP contribution in [-0.4, -0.2) is 13.1 Å². The van der Waals surface area contributed by atoms with Crippen LogP contribution in [-0.2, 0) is 9.53 Å². The SMILES string of the molecule is COC(=O)/C=C/c1ccc([NH3+])cc1C. The monoisotopic (exact) mass is 192 g/mol. The average Bonchev–Trinajstić information content (AvgIpc) is 2.16. The largest absolute Gasteiger partial charge is 0.466 e. The third kappa shape index (κ3) is 2.71. The quantitative estimate of drug-likeness (QED) is 0.562. The zero-order valence-corrected chi connectivity index (χ0v) is 8.41. The van der Waals surface area contributed by atoms with Crippen molar-refractivity contribution in [3.8, 4) is 0 Å². The molecule has 1 aromatic carbocycles. The highest BCUT2D eigenvalue weighted by molar-refractivity contribution is 5.87. The van der Waals surface area contributed by atoms with Gasteiger partial charge in [0.25, 0.3) is 0 Å². The van der Waals surface area contributed by atoms with Crippen LogP contribution in [0.4, 0.5) is 5.69 Å². The van der Waals surface area contributed by atoms with Crippen molar-refractivity contribution in [3.63, 3.8) is 0 Å². The Morgan fingerprint density at radius 3 is 2.79 bits per heavy atom. The van der Waals surface area contributed by atoms with Gasteiger partial charge in [-0.3, -0.25) is 0 Å². The summed E-state index contributed by atoms with van der Waals surface area (Å²) in [7, 11) is 1.36. The molecule has 0 aliphatic heterocycles. The highest BCUT2D eigenvalue weighted by Crippen LogP contribution is 2.12. The van der Waals surface area contributed by atoms with Crippen LogP contribution < -0.4 is 5.73 Å². The molecule has 0 saturated carbocycles. The number of carbonyl (C=O) groups is 1. The molecule has 0 aliphatic rings.